The molecule has 23 heavy (non-hydrogen) atoms. The first-order chi connectivity index (χ1) is 11.2. The maximum atomic E-state index is 11.9. The summed E-state index contributed by atoms with van der Waals surface area (Å²) in [6, 6.07) is 9.05. The van der Waals surface area contributed by atoms with Crippen LogP contribution in [0.25, 0.3) is 0 Å². The van der Waals surface area contributed by atoms with Gasteiger partial charge in [-0.1, -0.05) is 43.8 Å². The van der Waals surface area contributed by atoms with E-state index in [9.17, 15) is 4.79 Å². The van der Waals surface area contributed by atoms with Gasteiger partial charge in [-0.2, -0.15) is 0 Å². The van der Waals surface area contributed by atoms with Crippen LogP contribution in [0.1, 0.15) is 30.1 Å². The number of hydrogen-bond acceptors (Lipinski definition) is 6. The average molecular weight is 334 g/mol. The van der Waals surface area contributed by atoms with Gasteiger partial charge in [0.2, 0.25) is 5.89 Å². The van der Waals surface area contributed by atoms with E-state index in [1.54, 1.807) is 12.1 Å². The Morgan fingerprint density at radius 2 is 1.96 bits per heavy atom. The van der Waals surface area contributed by atoms with Crippen LogP contribution in [0, 0.1) is 0 Å². The molecule has 0 radical (unpaired) electrons. The quantitative estimate of drug-likeness (QED) is 0.710. The fourth-order valence-corrected chi connectivity index (χ4v) is 2.80. The van der Waals surface area contributed by atoms with Gasteiger partial charge in [-0.3, -0.25) is 4.79 Å². The number of aromatic nitrogens is 2. The molecule has 6 nitrogen and oxygen atoms in total. The monoisotopic (exact) mass is 334 g/mol. The lowest BCUT2D eigenvalue weighted by Crippen LogP contribution is -2.25. The summed E-state index contributed by atoms with van der Waals surface area (Å²) in [5.41, 5.74) is 0.612. The molecule has 1 N–H and O–H groups in total. The Labute approximate surface area is 140 Å². The van der Waals surface area contributed by atoms with Gasteiger partial charge < -0.3 is 14.6 Å². The highest BCUT2D eigenvalue weighted by Gasteiger charge is 2.10. The lowest BCUT2D eigenvalue weighted by molar-refractivity contribution is 0.0946. The summed E-state index contributed by atoms with van der Waals surface area (Å²) in [5, 5.41) is 11.3. The van der Waals surface area contributed by atoms with Crippen LogP contribution in [0.15, 0.2) is 40.0 Å². The van der Waals surface area contributed by atoms with Gasteiger partial charge in [-0.15, -0.1) is 10.2 Å². The van der Waals surface area contributed by atoms with E-state index in [4.69, 9.17) is 4.42 Å². The van der Waals surface area contributed by atoms with E-state index in [0.29, 0.717) is 16.7 Å². The molecule has 0 saturated heterocycles. The fraction of sp³-hybridized carbons (Fsp3) is 0.438. The van der Waals surface area contributed by atoms with Crippen LogP contribution in [-0.4, -0.2) is 46.4 Å². The number of carbonyl (C=O) groups is 1. The highest BCUT2D eigenvalue weighted by molar-refractivity contribution is 7.99. The number of nitrogens with zero attached hydrogens (tertiary/aromatic N) is 3. The first-order valence-electron chi connectivity index (χ1n) is 7.73. The van der Waals surface area contributed by atoms with Crippen LogP contribution in [0.2, 0.25) is 0 Å². The molecule has 0 spiro atoms. The molecule has 0 aliphatic rings. The van der Waals surface area contributed by atoms with Crippen LogP contribution >= 0.6 is 11.8 Å². The minimum Gasteiger partial charge on any atom is -0.414 e. The molecule has 2 aromatic rings. The minimum atomic E-state index is -0.153. The summed E-state index contributed by atoms with van der Waals surface area (Å²) in [6.07, 6.45) is 0. The van der Waals surface area contributed by atoms with Crippen molar-refractivity contribution in [3.63, 3.8) is 0 Å². The standard InChI is InChI=1S/C16H22N4O2S/c1-3-20(4-2)10-11-23-16-19-18-14(22-16)12-17-15(21)13-8-6-5-7-9-13/h5-9H,3-4,10-12H2,1-2H3,(H,17,21). The number of thioether (sulfide) groups is 1. The maximum absolute atomic E-state index is 11.9. The second-order valence-corrected chi connectivity index (χ2v) is 5.93. The number of carbonyl (C=O) groups excluding carboxylic acids is 1. The Bertz CT molecular complexity index is 599. The molecule has 1 heterocycles. The van der Waals surface area contributed by atoms with Crippen molar-refractivity contribution in [2.45, 2.75) is 25.6 Å². The second-order valence-electron chi connectivity index (χ2n) is 4.89. The average Bonchev–Trinajstić information content (AvgIpc) is 3.05. The van der Waals surface area contributed by atoms with Crippen molar-refractivity contribution in [1.82, 2.24) is 20.4 Å². The highest BCUT2D eigenvalue weighted by atomic mass is 32.2. The number of amides is 1. The van der Waals surface area contributed by atoms with Crippen molar-refractivity contribution in [1.29, 1.82) is 0 Å². The number of nitrogens with one attached hydrogen (secondary N) is 1. The third-order valence-corrected chi connectivity index (χ3v) is 4.21. The SMILES string of the molecule is CCN(CC)CCSc1nnc(CNC(=O)c2ccccc2)o1. The Kier molecular flexibility index (Phi) is 7.09. The van der Waals surface area contributed by atoms with E-state index in [2.05, 4.69) is 34.3 Å². The van der Waals surface area contributed by atoms with Gasteiger partial charge in [0.1, 0.15) is 0 Å². The summed E-state index contributed by atoms with van der Waals surface area (Å²) < 4.78 is 5.53. The van der Waals surface area contributed by atoms with Gasteiger partial charge in [0.05, 0.1) is 6.54 Å². The molecule has 0 unspecified atom stereocenters. The summed E-state index contributed by atoms with van der Waals surface area (Å²) in [4.78, 5) is 14.3. The Hall–Kier alpha value is -1.86. The molecule has 1 aromatic heterocycles. The Morgan fingerprint density at radius 3 is 2.65 bits per heavy atom. The van der Waals surface area contributed by atoms with Crippen molar-refractivity contribution in [3.05, 3.63) is 41.8 Å². The smallest absolute Gasteiger partial charge is 0.276 e. The van der Waals surface area contributed by atoms with Crippen LogP contribution in [0.5, 0.6) is 0 Å². The third-order valence-electron chi connectivity index (χ3n) is 3.41. The van der Waals surface area contributed by atoms with Gasteiger partial charge in [-0.25, -0.2) is 0 Å². The van der Waals surface area contributed by atoms with E-state index in [1.807, 2.05) is 18.2 Å². The lowest BCUT2D eigenvalue weighted by Gasteiger charge is -2.16. The van der Waals surface area contributed by atoms with Gasteiger partial charge >= 0.3 is 0 Å². The third kappa shape index (κ3) is 5.69. The van der Waals surface area contributed by atoms with E-state index >= 15 is 0 Å². The molecule has 1 aromatic carbocycles. The summed E-state index contributed by atoms with van der Waals surface area (Å²) in [5.74, 6) is 1.17. The van der Waals surface area contributed by atoms with Crippen LogP contribution in [-0.2, 0) is 6.54 Å². The molecule has 0 fully saturated rings. The lowest BCUT2D eigenvalue weighted by atomic mass is 10.2. The maximum Gasteiger partial charge on any atom is 0.276 e. The van der Waals surface area contributed by atoms with Crippen molar-refractivity contribution in [3.8, 4) is 0 Å². The van der Waals surface area contributed by atoms with Crippen molar-refractivity contribution >= 4 is 17.7 Å². The zero-order valence-corrected chi connectivity index (χ0v) is 14.3. The normalized spacial score (nSPS) is 10.9. The van der Waals surface area contributed by atoms with Gasteiger partial charge in [-0.05, 0) is 25.2 Å². The molecule has 0 saturated carbocycles. The number of rotatable bonds is 9. The van der Waals surface area contributed by atoms with Gasteiger partial charge in [0.25, 0.3) is 11.1 Å². The minimum absolute atomic E-state index is 0.153. The topological polar surface area (TPSA) is 71.3 Å². The largest absolute Gasteiger partial charge is 0.414 e. The van der Waals surface area contributed by atoms with Crippen LogP contribution < -0.4 is 5.32 Å². The molecule has 0 aliphatic heterocycles. The Balaban J connectivity index is 1.75. The number of hydrogen-bond donors (Lipinski definition) is 1. The van der Waals surface area contributed by atoms with Crippen molar-refractivity contribution < 1.29 is 9.21 Å². The summed E-state index contributed by atoms with van der Waals surface area (Å²) in [6.45, 7) is 7.59. The molecule has 0 aliphatic carbocycles. The van der Waals surface area contributed by atoms with Gasteiger partial charge in [0.15, 0.2) is 0 Å². The van der Waals surface area contributed by atoms with Crippen LogP contribution in [0.3, 0.4) is 0 Å². The van der Waals surface area contributed by atoms with E-state index in [-0.39, 0.29) is 12.5 Å². The fourth-order valence-electron chi connectivity index (χ4n) is 2.02. The predicted octanol–water partition coefficient (Wildman–Crippen LogP) is 2.43. The summed E-state index contributed by atoms with van der Waals surface area (Å²) in [7, 11) is 0. The predicted molar refractivity (Wildman–Crippen MR) is 90.4 cm³/mol. The second kappa shape index (κ2) is 9.32. The molecule has 1 amide bonds. The number of benzene rings is 1. The van der Waals surface area contributed by atoms with E-state index in [1.165, 1.54) is 11.8 Å². The molecule has 2 rings (SSSR count). The summed E-state index contributed by atoms with van der Waals surface area (Å²) >= 11 is 1.54. The van der Waals surface area contributed by atoms with Crippen LogP contribution in [0.4, 0.5) is 0 Å². The van der Waals surface area contributed by atoms with Crippen molar-refractivity contribution in [2.75, 3.05) is 25.4 Å². The van der Waals surface area contributed by atoms with Crippen molar-refractivity contribution in [2.24, 2.45) is 0 Å². The Morgan fingerprint density at radius 1 is 1.22 bits per heavy atom. The molecular formula is C16H22N4O2S. The molecule has 124 valence electrons. The van der Waals surface area contributed by atoms with E-state index in [0.717, 1.165) is 25.4 Å². The molecular weight excluding hydrogens is 312 g/mol. The highest BCUT2D eigenvalue weighted by Crippen LogP contribution is 2.16. The van der Waals surface area contributed by atoms with Gasteiger partial charge in [0, 0.05) is 17.9 Å². The molecule has 7 heteroatoms. The zero-order valence-electron chi connectivity index (χ0n) is 13.5. The molecule has 0 atom stereocenters. The zero-order chi connectivity index (χ0) is 16.5. The van der Waals surface area contributed by atoms with E-state index < -0.39 is 0 Å². The first kappa shape index (κ1) is 17.5. The molecule has 0 bridgehead atoms. The first-order valence-corrected chi connectivity index (χ1v) is 8.72.